The first-order valence-electron chi connectivity index (χ1n) is 13.0. The van der Waals surface area contributed by atoms with Crippen LogP contribution in [0.3, 0.4) is 0 Å². The van der Waals surface area contributed by atoms with Gasteiger partial charge in [-0.1, -0.05) is 19.9 Å². The van der Waals surface area contributed by atoms with E-state index in [9.17, 15) is 18.4 Å². The van der Waals surface area contributed by atoms with E-state index in [1.807, 2.05) is 13.0 Å². The Kier molecular flexibility index (Phi) is 9.21. The number of ether oxygens (including phenoxy) is 2. The lowest BCUT2D eigenvalue weighted by Gasteiger charge is -2.36. The van der Waals surface area contributed by atoms with E-state index < -0.39 is 47.6 Å². The zero-order chi connectivity index (χ0) is 29.7. The number of halogens is 4. The van der Waals surface area contributed by atoms with E-state index in [2.05, 4.69) is 10.5 Å². The minimum Gasteiger partial charge on any atom is -0.494 e. The molecule has 2 aromatic carbocycles. The van der Waals surface area contributed by atoms with Crippen molar-refractivity contribution >= 4 is 17.7 Å². The molecule has 2 N–H and O–H groups in total. The molecule has 0 aliphatic carbocycles. The van der Waals surface area contributed by atoms with Crippen molar-refractivity contribution < 1.29 is 36.4 Å². The van der Waals surface area contributed by atoms with Gasteiger partial charge in [0.05, 0.1) is 19.3 Å². The van der Waals surface area contributed by atoms with Crippen molar-refractivity contribution in [3.8, 4) is 5.75 Å². The Morgan fingerprint density at radius 2 is 1.95 bits per heavy atom. The number of amides is 1. The van der Waals surface area contributed by atoms with Gasteiger partial charge in [0.2, 0.25) is 0 Å². The summed E-state index contributed by atoms with van der Waals surface area (Å²) in [5.41, 5.74) is -0.561. The second kappa shape index (κ2) is 12.6. The first-order valence-corrected chi connectivity index (χ1v) is 13.0. The third-order valence-corrected chi connectivity index (χ3v) is 6.61. The average Bonchev–Trinajstić information content (AvgIpc) is 3.31. The Morgan fingerprint density at radius 3 is 2.59 bits per heavy atom. The van der Waals surface area contributed by atoms with Gasteiger partial charge in [-0.05, 0) is 54.8 Å². The van der Waals surface area contributed by atoms with Crippen molar-refractivity contribution in [1.29, 1.82) is 0 Å². The van der Waals surface area contributed by atoms with Crippen molar-refractivity contribution in [2.24, 2.45) is 0 Å². The van der Waals surface area contributed by atoms with Gasteiger partial charge in [-0.25, -0.2) is 17.6 Å². The SMILES string of the molecule is CCOc1ccc2c(c1)CCN(C=Cc1cc(=O)[nH]o1)[C@H]2C(=O)Nc1cc(F)c(C(C)(C)COCC(F)F)c(F)c1. The highest BCUT2D eigenvalue weighted by Crippen LogP contribution is 2.35. The van der Waals surface area contributed by atoms with E-state index in [0.717, 1.165) is 17.7 Å². The minimum absolute atomic E-state index is 0.114. The standard InChI is InChI=1S/C29H31F4N3O5/c1-4-40-19-5-6-21-17(11-19)7-9-36(10-8-20-14-25(37)35-41-20)27(21)28(38)34-18-12-22(30)26(23(31)13-18)29(2,3)16-39-15-24(32)33/h5-6,8,10-14,24,27H,4,7,9,15-16H2,1-3H3,(H,34,38)(H,35,37)/t27-/m1/s1. The van der Waals surface area contributed by atoms with Gasteiger partial charge in [-0.2, -0.15) is 5.16 Å². The monoisotopic (exact) mass is 577 g/mol. The number of alkyl halides is 2. The van der Waals surface area contributed by atoms with Crippen LogP contribution in [0.5, 0.6) is 5.75 Å². The second-order valence-corrected chi connectivity index (χ2v) is 10.2. The Balaban J connectivity index is 1.61. The number of aromatic amines is 1. The molecule has 0 fully saturated rings. The number of nitrogens with zero attached hydrogens (tertiary/aromatic N) is 1. The van der Waals surface area contributed by atoms with Crippen LogP contribution in [0.2, 0.25) is 0 Å². The molecule has 0 unspecified atom stereocenters. The molecular formula is C29H31F4N3O5. The summed E-state index contributed by atoms with van der Waals surface area (Å²) in [6, 6.07) is 7.72. The van der Waals surface area contributed by atoms with E-state index in [1.54, 1.807) is 23.2 Å². The van der Waals surface area contributed by atoms with Gasteiger partial charge in [0.25, 0.3) is 17.9 Å². The fraction of sp³-hybridized carbons (Fsp3) is 0.379. The summed E-state index contributed by atoms with van der Waals surface area (Å²) in [4.78, 5) is 26.8. The predicted octanol–water partition coefficient (Wildman–Crippen LogP) is 5.41. The van der Waals surface area contributed by atoms with Crippen molar-refractivity contribution in [3.05, 3.63) is 87.0 Å². The third kappa shape index (κ3) is 7.18. The molecule has 2 heterocycles. The zero-order valence-corrected chi connectivity index (χ0v) is 22.8. The topological polar surface area (TPSA) is 96.8 Å². The van der Waals surface area contributed by atoms with Crippen LogP contribution in [0, 0.1) is 11.6 Å². The number of H-pyrrole nitrogens is 1. The fourth-order valence-electron chi connectivity index (χ4n) is 4.86. The van der Waals surface area contributed by atoms with E-state index in [1.165, 1.54) is 26.0 Å². The number of nitrogens with one attached hydrogen (secondary N) is 2. The number of anilines is 1. The number of fused-ring (bicyclic) bond motifs is 1. The average molecular weight is 578 g/mol. The summed E-state index contributed by atoms with van der Waals surface area (Å²) in [6.07, 6.45) is 1.03. The van der Waals surface area contributed by atoms with Gasteiger partial charge in [-0.3, -0.25) is 9.59 Å². The highest BCUT2D eigenvalue weighted by molar-refractivity contribution is 5.96. The summed E-state index contributed by atoms with van der Waals surface area (Å²) >= 11 is 0. The predicted molar refractivity (Wildman–Crippen MR) is 144 cm³/mol. The van der Waals surface area contributed by atoms with E-state index in [0.29, 0.717) is 30.9 Å². The molecule has 1 aliphatic rings. The van der Waals surface area contributed by atoms with Gasteiger partial charge in [0.1, 0.15) is 30.0 Å². The van der Waals surface area contributed by atoms with Crippen molar-refractivity contribution in [1.82, 2.24) is 10.1 Å². The molecule has 1 atom stereocenters. The number of carbonyl (C=O) groups excluding carboxylic acids is 1. The molecule has 3 aromatic rings. The van der Waals surface area contributed by atoms with Crippen LogP contribution in [0.4, 0.5) is 23.2 Å². The molecule has 0 bridgehead atoms. The highest BCUT2D eigenvalue weighted by atomic mass is 19.3. The van der Waals surface area contributed by atoms with Crippen LogP contribution in [-0.2, 0) is 21.4 Å². The molecule has 220 valence electrons. The molecule has 1 amide bonds. The molecule has 8 nitrogen and oxygen atoms in total. The van der Waals surface area contributed by atoms with Crippen LogP contribution >= 0.6 is 0 Å². The van der Waals surface area contributed by atoms with E-state index >= 15 is 8.78 Å². The summed E-state index contributed by atoms with van der Waals surface area (Å²) in [5.74, 6) is -1.54. The maximum atomic E-state index is 15.2. The molecule has 0 saturated heterocycles. The van der Waals surface area contributed by atoms with Crippen LogP contribution in [0.1, 0.15) is 49.3 Å². The van der Waals surface area contributed by atoms with Crippen molar-refractivity contribution in [2.45, 2.75) is 45.1 Å². The lowest BCUT2D eigenvalue weighted by atomic mass is 9.84. The van der Waals surface area contributed by atoms with E-state index in [-0.39, 0.29) is 23.6 Å². The molecule has 12 heteroatoms. The lowest BCUT2D eigenvalue weighted by molar-refractivity contribution is -0.120. The summed E-state index contributed by atoms with van der Waals surface area (Å²) in [6.45, 7) is 4.53. The molecule has 41 heavy (non-hydrogen) atoms. The Bertz CT molecular complexity index is 1440. The van der Waals surface area contributed by atoms with Crippen LogP contribution in [0.25, 0.3) is 6.08 Å². The minimum atomic E-state index is -2.70. The summed E-state index contributed by atoms with van der Waals surface area (Å²) in [5, 5.41) is 4.80. The van der Waals surface area contributed by atoms with Crippen molar-refractivity contribution in [3.63, 3.8) is 0 Å². The zero-order valence-electron chi connectivity index (χ0n) is 22.8. The maximum absolute atomic E-state index is 15.2. The Hall–Kier alpha value is -4.06. The van der Waals surface area contributed by atoms with Gasteiger partial charge in [0.15, 0.2) is 5.76 Å². The molecule has 4 rings (SSSR count). The van der Waals surface area contributed by atoms with Gasteiger partial charge >= 0.3 is 0 Å². The Labute approximate surface area is 233 Å². The quantitative estimate of drug-likeness (QED) is 0.296. The molecular weight excluding hydrogens is 546 g/mol. The second-order valence-electron chi connectivity index (χ2n) is 10.2. The summed E-state index contributed by atoms with van der Waals surface area (Å²) in [7, 11) is 0. The largest absolute Gasteiger partial charge is 0.494 e. The molecule has 1 aliphatic heterocycles. The molecule has 0 radical (unpaired) electrons. The van der Waals surface area contributed by atoms with Crippen LogP contribution in [-0.4, -0.2) is 48.8 Å². The van der Waals surface area contributed by atoms with Gasteiger partial charge in [0, 0.05) is 29.4 Å². The smallest absolute Gasteiger partial charge is 0.280 e. The van der Waals surface area contributed by atoms with Crippen molar-refractivity contribution in [2.75, 3.05) is 31.7 Å². The number of benzene rings is 2. The number of carbonyl (C=O) groups is 1. The van der Waals surface area contributed by atoms with Gasteiger partial charge < -0.3 is 24.2 Å². The Morgan fingerprint density at radius 1 is 1.22 bits per heavy atom. The fourth-order valence-corrected chi connectivity index (χ4v) is 4.86. The highest BCUT2D eigenvalue weighted by Gasteiger charge is 2.33. The number of hydrogen-bond acceptors (Lipinski definition) is 6. The van der Waals surface area contributed by atoms with Crippen LogP contribution in [0.15, 0.2) is 51.9 Å². The first kappa shape index (κ1) is 29.9. The normalized spacial score (nSPS) is 15.4. The van der Waals surface area contributed by atoms with E-state index in [4.69, 9.17) is 14.0 Å². The first-order chi connectivity index (χ1) is 19.5. The lowest BCUT2D eigenvalue weighted by Crippen LogP contribution is -2.39. The molecule has 0 spiro atoms. The molecule has 0 saturated carbocycles. The summed E-state index contributed by atoms with van der Waals surface area (Å²) < 4.78 is 70.8. The van der Waals surface area contributed by atoms with Gasteiger partial charge in [-0.15, -0.1) is 0 Å². The third-order valence-electron chi connectivity index (χ3n) is 6.61. The molecule has 1 aromatic heterocycles. The van der Waals surface area contributed by atoms with Crippen LogP contribution < -0.4 is 15.6 Å². The number of rotatable bonds is 11. The number of hydrogen-bond donors (Lipinski definition) is 2. The number of aromatic nitrogens is 1. The maximum Gasteiger partial charge on any atom is 0.280 e.